The van der Waals surface area contributed by atoms with E-state index in [9.17, 15) is 14.4 Å². The number of carbonyl (C=O) groups excluding carboxylic acids is 3. The van der Waals surface area contributed by atoms with Gasteiger partial charge in [-0.05, 0) is 66.8 Å². The summed E-state index contributed by atoms with van der Waals surface area (Å²) in [4.78, 5) is 42.7. The van der Waals surface area contributed by atoms with Crippen LogP contribution in [0.4, 0.5) is 5.69 Å². The Bertz CT molecular complexity index is 1150. The van der Waals surface area contributed by atoms with Gasteiger partial charge in [0.25, 0.3) is 11.8 Å². The zero-order valence-electron chi connectivity index (χ0n) is 18.1. The fourth-order valence-electron chi connectivity index (χ4n) is 3.87. The summed E-state index contributed by atoms with van der Waals surface area (Å²) in [5.74, 6) is -0.333. The Morgan fingerprint density at radius 1 is 1.15 bits per heavy atom. The maximum Gasteiger partial charge on any atom is 0.264 e. The predicted octanol–water partition coefficient (Wildman–Crippen LogP) is 4.82. The Labute approximate surface area is 201 Å². The van der Waals surface area contributed by atoms with Crippen LogP contribution in [-0.4, -0.2) is 41.8 Å². The van der Waals surface area contributed by atoms with Gasteiger partial charge >= 0.3 is 0 Å². The molecule has 6 nitrogen and oxygen atoms in total. The third-order valence-corrected chi connectivity index (χ3v) is 6.52. The fraction of sp³-hybridized carbons (Fsp3) is 0.240. The molecule has 4 rings (SSSR count). The molecule has 1 atom stereocenters. The number of thiophene rings is 1. The molecule has 0 spiro atoms. The third-order valence-electron chi connectivity index (χ3n) is 5.43. The van der Waals surface area contributed by atoms with Crippen LogP contribution in [0.2, 0.25) is 5.02 Å². The Hall–Kier alpha value is -3.16. The molecule has 170 valence electrons. The molecular formula is C25H23ClN2O4S. The first-order valence-corrected chi connectivity index (χ1v) is 11.9. The van der Waals surface area contributed by atoms with Crippen molar-refractivity contribution in [3.05, 3.63) is 81.5 Å². The molecule has 0 saturated carbocycles. The largest absolute Gasteiger partial charge is 0.494 e. The van der Waals surface area contributed by atoms with Crippen LogP contribution in [0.1, 0.15) is 28.6 Å². The molecule has 0 aliphatic carbocycles. The van der Waals surface area contributed by atoms with E-state index in [2.05, 4.69) is 0 Å². The van der Waals surface area contributed by atoms with E-state index < -0.39 is 11.9 Å². The second kappa shape index (κ2) is 10.2. The van der Waals surface area contributed by atoms with Gasteiger partial charge in [0, 0.05) is 11.6 Å². The molecule has 33 heavy (non-hydrogen) atoms. The minimum Gasteiger partial charge on any atom is -0.494 e. The SMILES string of the molecule is CCOc1ccc(N2C(=O)CC(N(CCc3cccc(Cl)c3)C(=O)c3cccs3)C2=O)cc1. The van der Waals surface area contributed by atoms with E-state index >= 15 is 0 Å². The molecule has 1 saturated heterocycles. The molecule has 1 fully saturated rings. The molecule has 1 aliphatic rings. The molecular weight excluding hydrogens is 460 g/mol. The minimum atomic E-state index is -0.863. The Morgan fingerprint density at radius 3 is 2.61 bits per heavy atom. The number of benzene rings is 2. The molecule has 1 aliphatic heterocycles. The second-order valence-electron chi connectivity index (χ2n) is 7.57. The van der Waals surface area contributed by atoms with Crippen LogP contribution in [0.25, 0.3) is 0 Å². The summed E-state index contributed by atoms with van der Waals surface area (Å²) in [6, 6.07) is 16.9. The number of carbonyl (C=O) groups is 3. The lowest BCUT2D eigenvalue weighted by molar-refractivity contribution is -0.122. The normalized spacial score (nSPS) is 15.7. The van der Waals surface area contributed by atoms with Gasteiger partial charge in [-0.2, -0.15) is 0 Å². The van der Waals surface area contributed by atoms with Crippen molar-refractivity contribution in [3.8, 4) is 5.75 Å². The van der Waals surface area contributed by atoms with Gasteiger partial charge in [0.15, 0.2) is 0 Å². The zero-order valence-corrected chi connectivity index (χ0v) is 19.6. The highest BCUT2D eigenvalue weighted by atomic mass is 35.5. The van der Waals surface area contributed by atoms with E-state index in [0.717, 1.165) is 10.5 Å². The first-order valence-electron chi connectivity index (χ1n) is 10.7. The molecule has 1 aromatic heterocycles. The highest BCUT2D eigenvalue weighted by Crippen LogP contribution is 2.29. The number of amides is 3. The van der Waals surface area contributed by atoms with E-state index in [4.69, 9.17) is 16.3 Å². The summed E-state index contributed by atoms with van der Waals surface area (Å²) in [5.41, 5.74) is 1.42. The maximum absolute atomic E-state index is 13.4. The van der Waals surface area contributed by atoms with Crippen molar-refractivity contribution in [1.29, 1.82) is 0 Å². The van der Waals surface area contributed by atoms with Crippen LogP contribution in [0.5, 0.6) is 5.75 Å². The Balaban J connectivity index is 1.58. The standard InChI is InChI=1S/C25H23ClN2O4S/c1-2-32-20-10-8-19(9-11-20)28-23(29)16-21(24(28)30)27(25(31)22-7-4-14-33-22)13-12-17-5-3-6-18(26)15-17/h3-11,14-15,21H,2,12-13,16H2,1H3. The fourth-order valence-corrected chi connectivity index (χ4v) is 4.76. The topological polar surface area (TPSA) is 66.9 Å². The Kier molecular flexibility index (Phi) is 7.11. The highest BCUT2D eigenvalue weighted by Gasteiger charge is 2.44. The summed E-state index contributed by atoms with van der Waals surface area (Å²) in [5, 5.41) is 2.42. The van der Waals surface area contributed by atoms with Gasteiger partial charge in [-0.1, -0.05) is 29.8 Å². The van der Waals surface area contributed by atoms with Gasteiger partial charge in [0.05, 0.1) is 23.6 Å². The molecule has 3 amide bonds. The van der Waals surface area contributed by atoms with Crippen LogP contribution in [-0.2, 0) is 16.0 Å². The van der Waals surface area contributed by atoms with Gasteiger partial charge in [-0.3, -0.25) is 14.4 Å². The van der Waals surface area contributed by atoms with Crippen molar-refractivity contribution < 1.29 is 19.1 Å². The average molecular weight is 483 g/mol. The molecule has 2 aromatic carbocycles. The summed E-state index contributed by atoms with van der Waals surface area (Å²) < 4.78 is 5.44. The molecule has 8 heteroatoms. The lowest BCUT2D eigenvalue weighted by Crippen LogP contribution is -2.46. The maximum atomic E-state index is 13.4. The summed E-state index contributed by atoms with van der Waals surface area (Å²) in [7, 11) is 0. The minimum absolute atomic E-state index is 0.0568. The first kappa shape index (κ1) is 23.0. The number of imide groups is 1. The van der Waals surface area contributed by atoms with Crippen molar-refractivity contribution in [2.45, 2.75) is 25.8 Å². The van der Waals surface area contributed by atoms with E-state index in [1.165, 1.54) is 16.2 Å². The van der Waals surface area contributed by atoms with E-state index in [0.29, 0.717) is 34.4 Å². The number of hydrogen-bond acceptors (Lipinski definition) is 5. The number of ether oxygens (including phenoxy) is 1. The predicted molar refractivity (Wildman–Crippen MR) is 129 cm³/mol. The second-order valence-corrected chi connectivity index (χ2v) is 8.95. The van der Waals surface area contributed by atoms with Crippen molar-refractivity contribution in [3.63, 3.8) is 0 Å². The van der Waals surface area contributed by atoms with E-state index in [-0.39, 0.29) is 24.8 Å². The van der Waals surface area contributed by atoms with Gasteiger partial charge in [-0.15, -0.1) is 11.3 Å². The molecule has 0 radical (unpaired) electrons. The van der Waals surface area contributed by atoms with Crippen LogP contribution in [0.15, 0.2) is 66.0 Å². The van der Waals surface area contributed by atoms with Crippen molar-refractivity contribution >= 4 is 46.3 Å². The van der Waals surface area contributed by atoms with Crippen molar-refractivity contribution in [2.24, 2.45) is 0 Å². The highest BCUT2D eigenvalue weighted by molar-refractivity contribution is 7.12. The molecule has 1 unspecified atom stereocenters. The molecule has 0 bridgehead atoms. The number of hydrogen-bond donors (Lipinski definition) is 0. The van der Waals surface area contributed by atoms with Crippen LogP contribution in [0, 0.1) is 0 Å². The van der Waals surface area contributed by atoms with Crippen LogP contribution < -0.4 is 9.64 Å². The average Bonchev–Trinajstić information content (AvgIpc) is 3.44. The van der Waals surface area contributed by atoms with Gasteiger partial charge in [-0.25, -0.2) is 4.90 Å². The van der Waals surface area contributed by atoms with Crippen molar-refractivity contribution in [2.75, 3.05) is 18.1 Å². The zero-order chi connectivity index (χ0) is 23.4. The summed E-state index contributed by atoms with van der Waals surface area (Å²) in [6.45, 7) is 2.70. The molecule has 3 aromatic rings. The van der Waals surface area contributed by atoms with Crippen LogP contribution >= 0.6 is 22.9 Å². The first-order chi connectivity index (χ1) is 16.0. The van der Waals surface area contributed by atoms with Crippen LogP contribution in [0.3, 0.4) is 0 Å². The third kappa shape index (κ3) is 5.10. The number of anilines is 1. The van der Waals surface area contributed by atoms with Gasteiger partial charge in [0.1, 0.15) is 11.8 Å². The smallest absolute Gasteiger partial charge is 0.264 e. The van der Waals surface area contributed by atoms with Gasteiger partial charge in [0.2, 0.25) is 5.91 Å². The molecule has 2 heterocycles. The van der Waals surface area contributed by atoms with Crippen molar-refractivity contribution in [1.82, 2.24) is 4.90 Å². The number of nitrogens with zero attached hydrogens (tertiary/aromatic N) is 2. The molecule has 0 N–H and O–H groups in total. The number of halogens is 1. The summed E-state index contributed by atoms with van der Waals surface area (Å²) >= 11 is 7.41. The summed E-state index contributed by atoms with van der Waals surface area (Å²) in [6.07, 6.45) is 0.456. The van der Waals surface area contributed by atoms with Gasteiger partial charge < -0.3 is 9.64 Å². The quantitative estimate of drug-likeness (QED) is 0.432. The lowest BCUT2D eigenvalue weighted by atomic mass is 10.1. The Morgan fingerprint density at radius 2 is 1.94 bits per heavy atom. The lowest BCUT2D eigenvalue weighted by Gasteiger charge is -2.27. The van der Waals surface area contributed by atoms with E-state index in [1.54, 1.807) is 42.5 Å². The monoisotopic (exact) mass is 482 g/mol. The number of rotatable bonds is 8. The van der Waals surface area contributed by atoms with E-state index in [1.807, 2.05) is 30.5 Å².